The monoisotopic (exact) mass is 276 g/mol. The van der Waals surface area contributed by atoms with Crippen molar-refractivity contribution < 1.29 is 14.0 Å². The molecule has 20 heavy (non-hydrogen) atoms. The van der Waals surface area contributed by atoms with Crippen molar-refractivity contribution in [2.45, 2.75) is 26.2 Å². The van der Waals surface area contributed by atoms with Crippen molar-refractivity contribution in [2.24, 2.45) is 5.41 Å². The summed E-state index contributed by atoms with van der Waals surface area (Å²) in [6.45, 7) is 4.95. The molecule has 2 saturated heterocycles. The fourth-order valence-electron chi connectivity index (χ4n) is 3.35. The second kappa shape index (κ2) is 4.96. The van der Waals surface area contributed by atoms with Crippen molar-refractivity contribution in [3.05, 3.63) is 24.2 Å². The number of amides is 2. The van der Waals surface area contributed by atoms with Gasteiger partial charge in [0.2, 0.25) is 5.91 Å². The first-order chi connectivity index (χ1) is 9.66. The predicted octanol–water partition coefficient (Wildman–Crippen LogP) is 1.75. The fraction of sp³-hybridized carbons (Fsp3) is 0.600. The molecule has 0 aliphatic carbocycles. The van der Waals surface area contributed by atoms with Gasteiger partial charge in [0, 0.05) is 26.2 Å². The van der Waals surface area contributed by atoms with Crippen LogP contribution in [0.1, 0.15) is 36.7 Å². The number of carbonyl (C=O) groups excluding carboxylic acids is 2. The van der Waals surface area contributed by atoms with Crippen LogP contribution in [0.5, 0.6) is 0 Å². The van der Waals surface area contributed by atoms with Crippen molar-refractivity contribution in [3.8, 4) is 0 Å². The van der Waals surface area contributed by atoms with E-state index in [9.17, 15) is 9.59 Å². The van der Waals surface area contributed by atoms with E-state index in [0.29, 0.717) is 18.8 Å². The smallest absolute Gasteiger partial charge is 0.289 e. The Hall–Kier alpha value is -1.78. The highest BCUT2D eigenvalue weighted by Crippen LogP contribution is 2.41. The molecule has 1 aromatic heterocycles. The van der Waals surface area contributed by atoms with Gasteiger partial charge in [0.25, 0.3) is 5.91 Å². The van der Waals surface area contributed by atoms with E-state index in [-0.39, 0.29) is 17.2 Å². The average molecular weight is 276 g/mol. The highest BCUT2D eigenvalue weighted by molar-refractivity contribution is 5.92. The van der Waals surface area contributed by atoms with E-state index in [1.54, 1.807) is 17.0 Å². The summed E-state index contributed by atoms with van der Waals surface area (Å²) in [5.41, 5.74) is -0.212. The summed E-state index contributed by atoms with van der Waals surface area (Å²) >= 11 is 0. The normalized spacial score (nSPS) is 21.8. The quantitative estimate of drug-likeness (QED) is 0.827. The maximum Gasteiger partial charge on any atom is 0.289 e. The van der Waals surface area contributed by atoms with Gasteiger partial charge in [-0.1, -0.05) is 0 Å². The van der Waals surface area contributed by atoms with E-state index in [1.807, 2.05) is 11.8 Å². The Morgan fingerprint density at radius 1 is 1.30 bits per heavy atom. The lowest BCUT2D eigenvalue weighted by atomic mass is 9.77. The minimum absolute atomic E-state index is 0.0670. The molecule has 108 valence electrons. The van der Waals surface area contributed by atoms with E-state index in [1.165, 1.54) is 6.26 Å². The highest BCUT2D eigenvalue weighted by Gasteiger charge is 2.48. The molecule has 3 rings (SSSR count). The molecule has 0 saturated carbocycles. The van der Waals surface area contributed by atoms with E-state index in [4.69, 9.17) is 4.42 Å². The summed E-state index contributed by atoms with van der Waals surface area (Å²) in [6.07, 6.45) is 3.99. The Labute approximate surface area is 118 Å². The summed E-state index contributed by atoms with van der Waals surface area (Å²) in [5, 5.41) is 0. The Bertz CT molecular complexity index is 501. The summed E-state index contributed by atoms with van der Waals surface area (Å²) in [4.78, 5) is 28.4. The molecule has 0 radical (unpaired) electrons. The van der Waals surface area contributed by atoms with Crippen LogP contribution in [0.4, 0.5) is 0 Å². The third-order valence-corrected chi connectivity index (χ3v) is 4.72. The lowest BCUT2D eigenvalue weighted by molar-refractivity contribution is -0.137. The first-order valence-corrected chi connectivity index (χ1v) is 7.28. The highest BCUT2D eigenvalue weighted by atomic mass is 16.3. The number of hydrogen-bond acceptors (Lipinski definition) is 3. The van der Waals surface area contributed by atoms with Crippen LogP contribution in [0.25, 0.3) is 0 Å². The molecule has 2 fully saturated rings. The zero-order valence-corrected chi connectivity index (χ0v) is 11.8. The molecule has 0 bridgehead atoms. The third-order valence-electron chi connectivity index (χ3n) is 4.72. The second-order valence-electron chi connectivity index (χ2n) is 5.68. The number of furan rings is 1. The molecule has 2 aliphatic heterocycles. The molecular formula is C15H20N2O3. The van der Waals surface area contributed by atoms with E-state index in [0.717, 1.165) is 32.4 Å². The van der Waals surface area contributed by atoms with Crippen LogP contribution < -0.4 is 0 Å². The van der Waals surface area contributed by atoms with Crippen LogP contribution in [0.15, 0.2) is 22.8 Å². The maximum atomic E-state index is 12.4. The first-order valence-electron chi connectivity index (χ1n) is 7.28. The van der Waals surface area contributed by atoms with Gasteiger partial charge < -0.3 is 14.2 Å². The van der Waals surface area contributed by atoms with Gasteiger partial charge in [-0.15, -0.1) is 0 Å². The fourth-order valence-corrected chi connectivity index (χ4v) is 3.35. The van der Waals surface area contributed by atoms with Gasteiger partial charge >= 0.3 is 0 Å². The standard InChI is InChI=1S/C15H20N2O3/c1-2-16-8-5-15(14(16)19)6-9-17(10-7-15)13(18)12-4-3-11-20-12/h3-4,11H,2,5-10H2,1H3. The SMILES string of the molecule is CCN1CCC2(CCN(C(=O)c3ccco3)CC2)C1=O. The van der Waals surface area contributed by atoms with Crippen molar-refractivity contribution >= 4 is 11.8 Å². The Morgan fingerprint density at radius 3 is 2.55 bits per heavy atom. The minimum atomic E-state index is -0.212. The number of hydrogen-bond donors (Lipinski definition) is 0. The number of likely N-dealkylation sites (tertiary alicyclic amines) is 2. The number of rotatable bonds is 2. The average Bonchev–Trinajstić information content (AvgIpc) is 3.10. The molecule has 0 aromatic carbocycles. The Kier molecular flexibility index (Phi) is 3.28. The zero-order valence-electron chi connectivity index (χ0n) is 11.8. The van der Waals surface area contributed by atoms with Crippen molar-refractivity contribution in [3.63, 3.8) is 0 Å². The number of carbonyl (C=O) groups is 2. The summed E-state index contributed by atoms with van der Waals surface area (Å²) in [6, 6.07) is 3.41. The molecule has 0 unspecified atom stereocenters. The molecular weight excluding hydrogens is 256 g/mol. The molecule has 5 nitrogen and oxygen atoms in total. The van der Waals surface area contributed by atoms with Gasteiger partial charge in [-0.2, -0.15) is 0 Å². The lowest BCUT2D eigenvalue weighted by Gasteiger charge is -2.37. The van der Waals surface area contributed by atoms with Gasteiger partial charge in [0.15, 0.2) is 5.76 Å². The lowest BCUT2D eigenvalue weighted by Crippen LogP contribution is -2.46. The molecule has 2 aliphatic rings. The van der Waals surface area contributed by atoms with Crippen LogP contribution in [0, 0.1) is 5.41 Å². The molecule has 0 atom stereocenters. The number of nitrogens with zero attached hydrogens (tertiary/aromatic N) is 2. The Balaban J connectivity index is 1.66. The Morgan fingerprint density at radius 2 is 2.00 bits per heavy atom. The molecule has 0 N–H and O–H groups in total. The van der Waals surface area contributed by atoms with Gasteiger partial charge in [0.1, 0.15) is 0 Å². The van der Waals surface area contributed by atoms with Gasteiger partial charge in [-0.25, -0.2) is 0 Å². The number of piperidine rings is 1. The van der Waals surface area contributed by atoms with Gasteiger partial charge in [-0.05, 0) is 38.3 Å². The summed E-state index contributed by atoms with van der Waals surface area (Å²) in [5.74, 6) is 0.599. The van der Waals surface area contributed by atoms with Crippen LogP contribution >= 0.6 is 0 Å². The van der Waals surface area contributed by atoms with Crippen LogP contribution in [-0.4, -0.2) is 47.8 Å². The molecule has 5 heteroatoms. The predicted molar refractivity (Wildman–Crippen MR) is 73.1 cm³/mol. The largest absolute Gasteiger partial charge is 0.459 e. The van der Waals surface area contributed by atoms with Crippen molar-refractivity contribution in [1.29, 1.82) is 0 Å². The van der Waals surface area contributed by atoms with Gasteiger partial charge in [0.05, 0.1) is 11.7 Å². The molecule has 2 amide bonds. The van der Waals surface area contributed by atoms with E-state index < -0.39 is 0 Å². The van der Waals surface area contributed by atoms with Crippen LogP contribution in [-0.2, 0) is 4.79 Å². The van der Waals surface area contributed by atoms with Crippen molar-refractivity contribution in [2.75, 3.05) is 26.2 Å². The van der Waals surface area contributed by atoms with Gasteiger partial charge in [-0.3, -0.25) is 9.59 Å². The van der Waals surface area contributed by atoms with E-state index >= 15 is 0 Å². The molecule has 3 heterocycles. The molecule has 1 aromatic rings. The van der Waals surface area contributed by atoms with E-state index in [2.05, 4.69) is 0 Å². The maximum absolute atomic E-state index is 12.4. The topological polar surface area (TPSA) is 53.8 Å². The molecule has 1 spiro atoms. The van der Waals surface area contributed by atoms with Crippen LogP contribution in [0.3, 0.4) is 0 Å². The zero-order chi connectivity index (χ0) is 14.2. The second-order valence-corrected chi connectivity index (χ2v) is 5.68. The summed E-state index contributed by atoms with van der Waals surface area (Å²) < 4.78 is 5.15. The summed E-state index contributed by atoms with van der Waals surface area (Å²) in [7, 11) is 0. The first kappa shape index (κ1) is 13.2. The third kappa shape index (κ3) is 2.01. The van der Waals surface area contributed by atoms with Crippen LogP contribution in [0.2, 0.25) is 0 Å². The minimum Gasteiger partial charge on any atom is -0.459 e. The van der Waals surface area contributed by atoms with Crippen molar-refractivity contribution in [1.82, 2.24) is 9.80 Å².